The van der Waals surface area contributed by atoms with Crippen LogP contribution in [0.4, 0.5) is 5.13 Å². The highest BCUT2D eigenvalue weighted by Crippen LogP contribution is 2.35. The molecule has 0 saturated heterocycles. The maximum Gasteiger partial charge on any atom is 0.260 e. The summed E-state index contributed by atoms with van der Waals surface area (Å²) < 4.78 is 6.63. The molecule has 0 spiro atoms. The molecule has 0 bridgehead atoms. The van der Waals surface area contributed by atoms with Crippen molar-refractivity contribution in [1.82, 2.24) is 9.97 Å². The number of para-hydroxylation sites is 1. The number of halogens is 2. The lowest BCUT2D eigenvalue weighted by molar-refractivity contribution is 0.0985. The third kappa shape index (κ3) is 4.41. The molecule has 2 aromatic heterocycles. The number of amides is 1. The highest BCUT2D eigenvalue weighted by Gasteiger charge is 2.23. The lowest BCUT2D eigenvalue weighted by atomic mass is 10.2. The zero-order valence-electron chi connectivity index (χ0n) is 16.0. The summed E-state index contributed by atoms with van der Waals surface area (Å²) in [5.74, 6) is 0.426. The van der Waals surface area contributed by atoms with E-state index in [9.17, 15) is 4.79 Å². The average molecular weight is 458 g/mol. The molecule has 0 fully saturated rings. The molecule has 0 radical (unpaired) electrons. The van der Waals surface area contributed by atoms with Crippen molar-refractivity contribution in [2.45, 2.75) is 13.5 Å². The maximum absolute atomic E-state index is 13.5. The van der Waals surface area contributed by atoms with E-state index in [-0.39, 0.29) is 12.5 Å². The number of fused-ring (bicyclic) bond motifs is 1. The summed E-state index contributed by atoms with van der Waals surface area (Å²) >= 11 is 13.7. The fourth-order valence-corrected chi connectivity index (χ4v) is 4.52. The van der Waals surface area contributed by atoms with E-state index < -0.39 is 0 Å². The molecule has 4 rings (SSSR count). The summed E-state index contributed by atoms with van der Waals surface area (Å²) in [6.45, 7) is 2.71. The Labute approximate surface area is 187 Å². The molecule has 30 heavy (non-hydrogen) atoms. The quantitative estimate of drug-likeness (QED) is 0.343. The molecule has 2 heterocycles. The lowest BCUT2D eigenvalue weighted by Gasteiger charge is -2.20. The first-order valence-electron chi connectivity index (χ1n) is 9.25. The Bertz CT molecular complexity index is 1180. The topological polar surface area (TPSA) is 55.3 Å². The average Bonchev–Trinajstić information content (AvgIpc) is 3.17. The number of hydrogen-bond donors (Lipinski definition) is 0. The fraction of sp³-hybridized carbons (Fsp3) is 0.136. The Morgan fingerprint density at radius 3 is 2.60 bits per heavy atom. The summed E-state index contributed by atoms with van der Waals surface area (Å²) in [5.41, 5.74) is 1.85. The minimum absolute atomic E-state index is 0.258. The van der Waals surface area contributed by atoms with Crippen LogP contribution in [0.25, 0.3) is 10.2 Å². The number of rotatable bonds is 6. The molecule has 2 aromatic carbocycles. The number of pyridine rings is 1. The van der Waals surface area contributed by atoms with Crippen LogP contribution < -0.4 is 9.64 Å². The molecule has 0 aliphatic carbocycles. The molecule has 8 heteroatoms. The summed E-state index contributed by atoms with van der Waals surface area (Å²) in [7, 11) is 0. The molecule has 0 aliphatic heterocycles. The van der Waals surface area contributed by atoms with E-state index >= 15 is 0 Å². The van der Waals surface area contributed by atoms with Crippen LogP contribution in [0.3, 0.4) is 0 Å². The summed E-state index contributed by atoms with van der Waals surface area (Å²) in [6.07, 6.45) is 1.69. The Morgan fingerprint density at radius 1 is 1.10 bits per heavy atom. The minimum atomic E-state index is -0.262. The van der Waals surface area contributed by atoms with Crippen LogP contribution in [0.15, 0.2) is 60.8 Å². The van der Waals surface area contributed by atoms with Crippen LogP contribution >= 0.6 is 34.5 Å². The molecule has 0 N–H and O–H groups in total. The predicted molar refractivity (Wildman–Crippen MR) is 122 cm³/mol. The number of hydrogen-bond acceptors (Lipinski definition) is 5. The SMILES string of the molecule is CCOc1cccc2sc(N(Cc3ccccn3)C(=O)c3cc(Cl)cc(Cl)c3)nc12. The minimum Gasteiger partial charge on any atom is -0.492 e. The summed E-state index contributed by atoms with van der Waals surface area (Å²) in [6, 6.07) is 16.1. The van der Waals surface area contributed by atoms with Gasteiger partial charge in [0.2, 0.25) is 0 Å². The van der Waals surface area contributed by atoms with Crippen molar-refractivity contribution in [2.24, 2.45) is 0 Å². The molecule has 0 atom stereocenters. The first kappa shape index (κ1) is 20.6. The van der Waals surface area contributed by atoms with Crippen molar-refractivity contribution in [3.8, 4) is 5.75 Å². The first-order chi connectivity index (χ1) is 14.5. The van der Waals surface area contributed by atoms with Crippen molar-refractivity contribution < 1.29 is 9.53 Å². The van der Waals surface area contributed by atoms with Crippen LogP contribution in [0, 0.1) is 0 Å². The van der Waals surface area contributed by atoms with Crippen molar-refractivity contribution in [3.63, 3.8) is 0 Å². The van der Waals surface area contributed by atoms with E-state index in [0.717, 1.165) is 15.9 Å². The first-order valence-corrected chi connectivity index (χ1v) is 10.8. The largest absolute Gasteiger partial charge is 0.492 e. The van der Waals surface area contributed by atoms with Crippen LogP contribution in [-0.4, -0.2) is 22.5 Å². The lowest BCUT2D eigenvalue weighted by Crippen LogP contribution is -2.30. The number of nitrogens with zero attached hydrogens (tertiary/aromatic N) is 3. The smallest absolute Gasteiger partial charge is 0.260 e. The highest BCUT2D eigenvalue weighted by molar-refractivity contribution is 7.22. The molecule has 0 saturated carbocycles. The summed E-state index contributed by atoms with van der Waals surface area (Å²) in [4.78, 5) is 24.1. The van der Waals surface area contributed by atoms with Gasteiger partial charge >= 0.3 is 0 Å². The molecule has 5 nitrogen and oxygen atoms in total. The van der Waals surface area contributed by atoms with Crippen molar-refractivity contribution in [1.29, 1.82) is 0 Å². The Balaban J connectivity index is 1.80. The molecule has 0 unspecified atom stereocenters. The Kier molecular flexibility index (Phi) is 6.18. The van der Waals surface area contributed by atoms with Crippen molar-refractivity contribution >= 4 is 55.8 Å². The molecule has 0 aliphatic rings. The fourth-order valence-electron chi connectivity index (χ4n) is 3.01. The number of carbonyl (C=O) groups is 1. The molecular weight excluding hydrogens is 441 g/mol. The number of benzene rings is 2. The van der Waals surface area contributed by atoms with Gasteiger partial charge in [-0.05, 0) is 49.4 Å². The van der Waals surface area contributed by atoms with Gasteiger partial charge in [-0.15, -0.1) is 0 Å². The molecular formula is C22H17Cl2N3O2S. The maximum atomic E-state index is 13.5. The van der Waals surface area contributed by atoms with E-state index in [0.29, 0.717) is 33.1 Å². The highest BCUT2D eigenvalue weighted by atomic mass is 35.5. The van der Waals surface area contributed by atoms with Crippen LogP contribution in [0.5, 0.6) is 5.75 Å². The Morgan fingerprint density at radius 2 is 1.90 bits per heavy atom. The van der Waals surface area contributed by atoms with Gasteiger partial charge in [0, 0.05) is 21.8 Å². The molecule has 4 aromatic rings. The second kappa shape index (κ2) is 9.00. The van der Waals surface area contributed by atoms with Crippen LogP contribution in [0.2, 0.25) is 10.0 Å². The number of ether oxygens (including phenoxy) is 1. The van der Waals surface area contributed by atoms with E-state index in [1.165, 1.54) is 11.3 Å². The third-order valence-electron chi connectivity index (χ3n) is 4.30. The van der Waals surface area contributed by atoms with Gasteiger partial charge in [-0.2, -0.15) is 0 Å². The van der Waals surface area contributed by atoms with Crippen LogP contribution in [0.1, 0.15) is 23.0 Å². The van der Waals surface area contributed by atoms with Gasteiger partial charge in [-0.1, -0.05) is 46.7 Å². The van der Waals surface area contributed by atoms with Gasteiger partial charge in [0.25, 0.3) is 5.91 Å². The van der Waals surface area contributed by atoms with Crippen LogP contribution in [-0.2, 0) is 6.54 Å². The normalized spacial score (nSPS) is 10.9. The molecule has 1 amide bonds. The predicted octanol–water partition coefficient (Wildman–Crippen LogP) is 6.24. The second-order valence-corrected chi connectivity index (χ2v) is 8.28. The zero-order chi connectivity index (χ0) is 21.1. The van der Waals surface area contributed by atoms with E-state index in [4.69, 9.17) is 32.9 Å². The second-order valence-electron chi connectivity index (χ2n) is 6.40. The van der Waals surface area contributed by atoms with Gasteiger partial charge < -0.3 is 4.74 Å². The monoisotopic (exact) mass is 457 g/mol. The van der Waals surface area contributed by atoms with E-state index in [1.807, 2.05) is 43.3 Å². The van der Waals surface area contributed by atoms with Gasteiger partial charge in [-0.3, -0.25) is 14.7 Å². The third-order valence-corrected chi connectivity index (χ3v) is 5.78. The van der Waals surface area contributed by atoms with Gasteiger partial charge in [0.05, 0.1) is 23.5 Å². The number of carbonyl (C=O) groups excluding carboxylic acids is 1. The standard InChI is InChI=1S/C22H17Cl2N3O2S/c1-2-29-18-7-5-8-19-20(18)26-22(30-19)27(13-17-6-3-4-9-25-17)21(28)14-10-15(23)12-16(24)11-14/h3-12H,2,13H2,1H3. The number of thiazole rings is 1. The van der Waals surface area contributed by atoms with E-state index in [1.54, 1.807) is 29.3 Å². The van der Waals surface area contributed by atoms with E-state index in [2.05, 4.69) is 4.98 Å². The van der Waals surface area contributed by atoms with Gasteiger partial charge in [0.1, 0.15) is 11.3 Å². The van der Waals surface area contributed by atoms with Crippen molar-refractivity contribution in [3.05, 3.63) is 82.1 Å². The Hall–Kier alpha value is -2.67. The number of aromatic nitrogens is 2. The van der Waals surface area contributed by atoms with Crippen molar-refractivity contribution in [2.75, 3.05) is 11.5 Å². The number of anilines is 1. The van der Waals surface area contributed by atoms with Gasteiger partial charge in [-0.25, -0.2) is 4.98 Å². The summed E-state index contributed by atoms with van der Waals surface area (Å²) in [5, 5.41) is 1.34. The van der Waals surface area contributed by atoms with Gasteiger partial charge in [0.15, 0.2) is 5.13 Å². The molecule has 152 valence electrons. The zero-order valence-corrected chi connectivity index (χ0v) is 18.3.